The monoisotopic (exact) mass is 396 g/mol. The highest BCUT2D eigenvalue weighted by molar-refractivity contribution is 7.89. The molecule has 1 amide bonds. The zero-order chi connectivity index (χ0) is 20.2. The summed E-state index contributed by atoms with van der Waals surface area (Å²) < 4.78 is 27.3. The summed E-state index contributed by atoms with van der Waals surface area (Å²) in [4.78, 5) is 25.3. The number of likely N-dealkylation sites (tertiary alicyclic amines) is 1. The van der Waals surface area contributed by atoms with Crippen molar-refractivity contribution in [1.82, 2.24) is 9.62 Å². The first kappa shape index (κ1) is 21.4. The Kier molecular flexibility index (Phi) is 6.64. The zero-order valence-corrected chi connectivity index (χ0v) is 16.9. The molecule has 0 spiro atoms. The first-order valence-electron chi connectivity index (χ1n) is 9.13. The lowest BCUT2D eigenvalue weighted by Crippen LogP contribution is -2.40. The number of carbonyl (C=O) groups is 2. The van der Waals surface area contributed by atoms with Gasteiger partial charge >= 0.3 is 5.97 Å². The second kappa shape index (κ2) is 8.39. The molecule has 7 nitrogen and oxygen atoms in total. The van der Waals surface area contributed by atoms with Crippen molar-refractivity contribution in [3.8, 4) is 0 Å². The minimum atomic E-state index is -3.64. The van der Waals surface area contributed by atoms with Gasteiger partial charge in [0.05, 0.1) is 4.90 Å². The van der Waals surface area contributed by atoms with E-state index in [0.29, 0.717) is 25.1 Å². The first-order chi connectivity index (χ1) is 12.5. The van der Waals surface area contributed by atoms with Gasteiger partial charge in [-0.05, 0) is 70.2 Å². The molecule has 27 heavy (non-hydrogen) atoms. The van der Waals surface area contributed by atoms with E-state index < -0.39 is 21.5 Å². The number of piperidine rings is 1. The van der Waals surface area contributed by atoms with Crippen LogP contribution in [0, 0.1) is 5.92 Å². The Morgan fingerprint density at radius 3 is 2.41 bits per heavy atom. The number of hydrogen-bond acceptors (Lipinski definition) is 4. The van der Waals surface area contributed by atoms with E-state index in [9.17, 15) is 18.0 Å². The molecule has 1 unspecified atom stereocenters. The van der Waals surface area contributed by atoms with E-state index in [1.807, 2.05) is 0 Å². The van der Waals surface area contributed by atoms with Crippen LogP contribution in [-0.2, 0) is 14.8 Å². The topological polar surface area (TPSA) is 104 Å². The number of carboxylic acids is 1. The molecular weight excluding hydrogens is 368 g/mol. The van der Waals surface area contributed by atoms with Gasteiger partial charge in [-0.25, -0.2) is 13.1 Å². The van der Waals surface area contributed by atoms with E-state index in [0.717, 1.165) is 12.8 Å². The normalized spacial score (nSPS) is 18.3. The van der Waals surface area contributed by atoms with Crippen LogP contribution in [0.15, 0.2) is 29.2 Å². The SMILES string of the molecule is CC(C)(C)NS(=O)(=O)c1ccc(C(=O)N2CCCC(CCC(=O)O)C2)cc1. The van der Waals surface area contributed by atoms with Gasteiger partial charge in [0.25, 0.3) is 5.91 Å². The Morgan fingerprint density at radius 1 is 1.22 bits per heavy atom. The van der Waals surface area contributed by atoms with E-state index >= 15 is 0 Å². The first-order valence-corrected chi connectivity index (χ1v) is 10.6. The average molecular weight is 397 g/mol. The summed E-state index contributed by atoms with van der Waals surface area (Å²) in [7, 11) is -3.64. The van der Waals surface area contributed by atoms with Crippen molar-refractivity contribution in [2.45, 2.75) is 56.9 Å². The fourth-order valence-electron chi connectivity index (χ4n) is 3.23. The minimum Gasteiger partial charge on any atom is -0.481 e. The molecule has 1 aliphatic rings. The summed E-state index contributed by atoms with van der Waals surface area (Å²) in [6.45, 7) is 6.46. The molecule has 1 atom stereocenters. The number of hydrogen-bond donors (Lipinski definition) is 2. The van der Waals surface area contributed by atoms with Crippen LogP contribution in [0.2, 0.25) is 0 Å². The van der Waals surface area contributed by atoms with Gasteiger partial charge in [0.1, 0.15) is 0 Å². The Balaban J connectivity index is 2.06. The molecule has 0 aliphatic carbocycles. The van der Waals surface area contributed by atoms with Gasteiger partial charge in [-0.3, -0.25) is 9.59 Å². The molecule has 1 aliphatic heterocycles. The molecule has 0 radical (unpaired) electrons. The number of carboxylic acid groups (broad SMARTS) is 1. The van der Waals surface area contributed by atoms with Crippen LogP contribution in [0.4, 0.5) is 0 Å². The molecule has 1 aromatic rings. The van der Waals surface area contributed by atoms with Crippen molar-refractivity contribution in [2.24, 2.45) is 5.92 Å². The third-order valence-corrected chi connectivity index (χ3v) is 6.20. The Morgan fingerprint density at radius 2 is 1.85 bits per heavy atom. The van der Waals surface area contributed by atoms with Crippen LogP contribution < -0.4 is 4.72 Å². The smallest absolute Gasteiger partial charge is 0.303 e. The molecule has 1 heterocycles. The minimum absolute atomic E-state index is 0.111. The van der Waals surface area contributed by atoms with Crippen molar-refractivity contribution in [3.63, 3.8) is 0 Å². The fourth-order valence-corrected chi connectivity index (χ4v) is 4.65. The van der Waals surface area contributed by atoms with E-state index in [2.05, 4.69) is 4.72 Å². The predicted octanol–water partition coefficient (Wildman–Crippen LogP) is 2.48. The van der Waals surface area contributed by atoms with Crippen LogP contribution in [0.1, 0.15) is 56.8 Å². The maximum atomic E-state index is 12.7. The lowest BCUT2D eigenvalue weighted by atomic mass is 9.93. The second-order valence-corrected chi connectivity index (χ2v) is 9.75. The molecule has 0 aromatic heterocycles. The molecular formula is C19H28N2O5S. The standard InChI is InChI=1S/C19H28N2O5S/c1-19(2,3)20-27(25,26)16-9-7-15(8-10-16)18(24)21-12-4-5-14(13-21)6-11-17(22)23/h7-10,14,20H,4-6,11-13H2,1-3H3,(H,22,23). The molecule has 0 bridgehead atoms. The van der Waals surface area contributed by atoms with Gasteiger partial charge in [-0.15, -0.1) is 0 Å². The zero-order valence-electron chi connectivity index (χ0n) is 16.1. The number of carbonyl (C=O) groups excluding carboxylic acids is 1. The Hall–Kier alpha value is -1.93. The van der Waals surface area contributed by atoms with Crippen LogP contribution in [0.25, 0.3) is 0 Å². The number of nitrogens with zero attached hydrogens (tertiary/aromatic N) is 1. The van der Waals surface area contributed by atoms with Crippen molar-refractivity contribution < 1.29 is 23.1 Å². The molecule has 2 N–H and O–H groups in total. The van der Waals surface area contributed by atoms with Crippen molar-refractivity contribution in [1.29, 1.82) is 0 Å². The highest BCUT2D eigenvalue weighted by atomic mass is 32.2. The third kappa shape index (κ3) is 6.32. The Labute approximate surface area is 160 Å². The van der Waals surface area contributed by atoms with Crippen LogP contribution in [0.3, 0.4) is 0 Å². The quantitative estimate of drug-likeness (QED) is 0.769. The van der Waals surface area contributed by atoms with Gasteiger partial charge in [0.2, 0.25) is 10.0 Å². The highest BCUT2D eigenvalue weighted by Gasteiger charge is 2.26. The number of aliphatic carboxylic acids is 1. The fraction of sp³-hybridized carbons (Fsp3) is 0.579. The van der Waals surface area contributed by atoms with Gasteiger partial charge in [0.15, 0.2) is 0 Å². The average Bonchev–Trinajstić information content (AvgIpc) is 2.57. The number of benzene rings is 1. The van der Waals surface area contributed by atoms with E-state index in [1.54, 1.807) is 25.7 Å². The number of amides is 1. The molecule has 1 saturated heterocycles. The van der Waals surface area contributed by atoms with Crippen molar-refractivity contribution in [2.75, 3.05) is 13.1 Å². The predicted molar refractivity (Wildman–Crippen MR) is 102 cm³/mol. The lowest BCUT2D eigenvalue weighted by Gasteiger charge is -2.32. The summed E-state index contributed by atoms with van der Waals surface area (Å²) in [6.07, 6.45) is 2.44. The van der Waals surface area contributed by atoms with Gasteiger partial charge in [-0.1, -0.05) is 0 Å². The van der Waals surface area contributed by atoms with Crippen LogP contribution in [-0.4, -0.2) is 48.9 Å². The maximum absolute atomic E-state index is 12.7. The Bertz CT molecular complexity index is 781. The molecule has 1 fully saturated rings. The maximum Gasteiger partial charge on any atom is 0.303 e. The van der Waals surface area contributed by atoms with Crippen molar-refractivity contribution >= 4 is 21.9 Å². The van der Waals surface area contributed by atoms with Gasteiger partial charge in [0, 0.05) is 30.6 Å². The highest BCUT2D eigenvalue weighted by Crippen LogP contribution is 2.23. The summed E-state index contributed by atoms with van der Waals surface area (Å²) in [6, 6.07) is 5.93. The van der Waals surface area contributed by atoms with E-state index in [4.69, 9.17) is 5.11 Å². The van der Waals surface area contributed by atoms with Crippen LogP contribution in [0.5, 0.6) is 0 Å². The summed E-state index contributed by atoms with van der Waals surface area (Å²) in [5.41, 5.74) is -0.157. The van der Waals surface area contributed by atoms with Crippen LogP contribution >= 0.6 is 0 Å². The van der Waals surface area contributed by atoms with Crippen molar-refractivity contribution in [3.05, 3.63) is 29.8 Å². The van der Waals surface area contributed by atoms with E-state index in [1.165, 1.54) is 24.3 Å². The second-order valence-electron chi connectivity index (χ2n) is 8.07. The third-order valence-electron chi connectivity index (χ3n) is 4.42. The molecule has 150 valence electrons. The molecule has 2 rings (SSSR count). The molecule has 1 aromatic carbocycles. The van der Waals surface area contributed by atoms with E-state index in [-0.39, 0.29) is 23.1 Å². The summed E-state index contributed by atoms with van der Waals surface area (Å²) in [5, 5.41) is 8.82. The molecule has 0 saturated carbocycles. The largest absolute Gasteiger partial charge is 0.481 e. The lowest BCUT2D eigenvalue weighted by molar-refractivity contribution is -0.137. The van der Waals surface area contributed by atoms with Gasteiger partial charge in [-0.2, -0.15) is 0 Å². The number of rotatable bonds is 6. The van der Waals surface area contributed by atoms with Gasteiger partial charge < -0.3 is 10.0 Å². The summed E-state index contributed by atoms with van der Waals surface area (Å²) >= 11 is 0. The summed E-state index contributed by atoms with van der Waals surface area (Å²) in [5.74, 6) is -0.781. The molecule has 8 heteroatoms. The number of nitrogens with one attached hydrogen (secondary N) is 1. The number of sulfonamides is 1.